The number of aromatic nitrogens is 3. The second kappa shape index (κ2) is 14.2. The van der Waals surface area contributed by atoms with E-state index in [-0.39, 0.29) is 18.8 Å². The second-order valence-electron chi connectivity index (χ2n) is 11.5. The molecule has 0 aliphatic rings. The number of benzene rings is 3. The molecular weight excluding hydrogens is 595 g/mol. The zero-order chi connectivity index (χ0) is 33.6. The van der Waals surface area contributed by atoms with Gasteiger partial charge < -0.3 is 30.2 Å². The van der Waals surface area contributed by atoms with Crippen molar-refractivity contribution in [2.24, 2.45) is 0 Å². The molecule has 2 atom stereocenters. The fraction of sp³-hybridized carbons (Fsp3) is 0.229. The van der Waals surface area contributed by atoms with Crippen molar-refractivity contribution < 1.29 is 23.9 Å². The van der Waals surface area contributed by atoms with Crippen LogP contribution in [0.2, 0.25) is 0 Å². The molecule has 5 aromatic rings. The Bertz CT molecular complexity index is 1880. The maximum atomic E-state index is 13.7. The van der Waals surface area contributed by atoms with Gasteiger partial charge in [0.1, 0.15) is 11.6 Å². The van der Waals surface area contributed by atoms with Crippen molar-refractivity contribution in [1.29, 1.82) is 0 Å². The Labute approximate surface area is 273 Å². The van der Waals surface area contributed by atoms with Crippen molar-refractivity contribution in [2.75, 3.05) is 11.9 Å². The molecule has 0 saturated carbocycles. The quantitative estimate of drug-likeness (QED) is 0.118. The molecule has 2 aromatic heterocycles. The number of anilines is 1. The predicted molar refractivity (Wildman–Crippen MR) is 180 cm³/mol. The number of esters is 1. The highest BCUT2D eigenvalue weighted by atomic mass is 16.5. The SMILES string of the molecule is [B]C(=O)NC(C)(C)C(=O)NC(Cc1c[nH]c2ccccc12)C(=O)Nc1cn(C(C(=O)OCC)c2ccc(-c3ccccc3)cc2)cn1. The van der Waals surface area contributed by atoms with Gasteiger partial charge in [0, 0.05) is 29.7 Å². The number of H-pyrrole nitrogens is 1. The Morgan fingerprint density at radius 2 is 1.64 bits per heavy atom. The van der Waals surface area contributed by atoms with Crippen molar-refractivity contribution >= 4 is 48.2 Å². The molecule has 47 heavy (non-hydrogen) atoms. The number of imidazole rings is 1. The van der Waals surface area contributed by atoms with E-state index in [9.17, 15) is 19.2 Å². The molecule has 2 radical (unpaired) electrons. The number of nitrogens with zero attached hydrogens (tertiary/aromatic N) is 2. The summed E-state index contributed by atoms with van der Waals surface area (Å²) in [6.07, 6.45) is 4.89. The van der Waals surface area contributed by atoms with Crippen LogP contribution in [0.4, 0.5) is 10.6 Å². The summed E-state index contributed by atoms with van der Waals surface area (Å²) in [5, 5.41) is 8.81. The number of fused-ring (bicyclic) bond motifs is 1. The summed E-state index contributed by atoms with van der Waals surface area (Å²) in [6.45, 7) is 4.88. The first-order valence-electron chi connectivity index (χ1n) is 15.2. The largest absolute Gasteiger partial charge is 0.464 e. The Hall–Kier alpha value is -5.65. The van der Waals surface area contributed by atoms with E-state index in [4.69, 9.17) is 12.6 Å². The Morgan fingerprint density at radius 1 is 0.957 bits per heavy atom. The third-order valence-electron chi connectivity index (χ3n) is 7.72. The predicted octanol–water partition coefficient (Wildman–Crippen LogP) is 4.51. The lowest BCUT2D eigenvalue weighted by atomic mass is 9.98. The van der Waals surface area contributed by atoms with Crippen LogP contribution in [-0.2, 0) is 25.5 Å². The summed E-state index contributed by atoms with van der Waals surface area (Å²) < 4.78 is 6.96. The summed E-state index contributed by atoms with van der Waals surface area (Å²) in [5.74, 6) is -2.35. The van der Waals surface area contributed by atoms with Crippen LogP contribution in [0, 0.1) is 0 Å². The summed E-state index contributed by atoms with van der Waals surface area (Å²) in [4.78, 5) is 59.2. The molecule has 238 valence electrons. The third kappa shape index (κ3) is 7.78. The zero-order valence-corrected chi connectivity index (χ0v) is 26.3. The number of carbonyl (C=O) groups is 4. The molecule has 0 aliphatic carbocycles. The maximum absolute atomic E-state index is 13.7. The normalized spacial score (nSPS) is 12.6. The number of amides is 3. The van der Waals surface area contributed by atoms with Crippen molar-refractivity contribution in [2.45, 2.75) is 44.8 Å². The highest BCUT2D eigenvalue weighted by molar-refractivity contribution is 6.57. The lowest BCUT2D eigenvalue weighted by Gasteiger charge is -2.27. The molecule has 0 aliphatic heterocycles. The van der Waals surface area contributed by atoms with Gasteiger partial charge in [-0.3, -0.25) is 14.4 Å². The fourth-order valence-electron chi connectivity index (χ4n) is 5.33. The van der Waals surface area contributed by atoms with E-state index < -0.39 is 41.2 Å². The summed E-state index contributed by atoms with van der Waals surface area (Å²) >= 11 is 0. The number of para-hydroxylation sites is 1. The second-order valence-corrected chi connectivity index (χ2v) is 11.5. The minimum absolute atomic E-state index is 0.133. The monoisotopic (exact) mass is 630 g/mol. The minimum atomic E-state index is -1.39. The van der Waals surface area contributed by atoms with Crippen LogP contribution >= 0.6 is 0 Å². The first-order chi connectivity index (χ1) is 22.6. The Morgan fingerprint density at radius 3 is 2.34 bits per heavy atom. The average Bonchev–Trinajstić information content (AvgIpc) is 3.68. The van der Waals surface area contributed by atoms with Crippen LogP contribution in [0.25, 0.3) is 22.0 Å². The molecule has 3 aromatic carbocycles. The highest BCUT2D eigenvalue weighted by Gasteiger charge is 2.33. The lowest BCUT2D eigenvalue weighted by Crippen LogP contribution is -2.58. The van der Waals surface area contributed by atoms with Crippen LogP contribution in [0.15, 0.2) is 97.6 Å². The summed E-state index contributed by atoms with van der Waals surface area (Å²) in [5.41, 5.74) is 3.00. The van der Waals surface area contributed by atoms with Crippen LogP contribution in [-0.4, -0.2) is 64.2 Å². The summed E-state index contributed by atoms with van der Waals surface area (Å²) in [7, 11) is 5.27. The van der Waals surface area contributed by atoms with Gasteiger partial charge in [-0.1, -0.05) is 72.8 Å². The third-order valence-corrected chi connectivity index (χ3v) is 7.72. The van der Waals surface area contributed by atoms with E-state index in [1.807, 2.05) is 78.9 Å². The van der Waals surface area contributed by atoms with Crippen LogP contribution in [0.3, 0.4) is 0 Å². The molecular formula is C35H35BN6O5. The van der Waals surface area contributed by atoms with E-state index in [0.717, 1.165) is 27.6 Å². The van der Waals surface area contributed by atoms with E-state index in [0.29, 0.717) is 5.56 Å². The fourth-order valence-corrected chi connectivity index (χ4v) is 5.33. The average molecular weight is 631 g/mol. The first kappa shape index (κ1) is 32.7. The van der Waals surface area contributed by atoms with Gasteiger partial charge in [0.05, 0.1) is 12.9 Å². The Balaban J connectivity index is 1.39. The molecule has 0 bridgehead atoms. The van der Waals surface area contributed by atoms with E-state index in [1.54, 1.807) is 17.7 Å². The summed E-state index contributed by atoms with van der Waals surface area (Å²) in [6, 6.07) is 23.1. The number of rotatable bonds is 12. The lowest BCUT2D eigenvalue weighted by molar-refractivity contribution is -0.145. The maximum Gasteiger partial charge on any atom is 0.333 e. The van der Waals surface area contributed by atoms with Gasteiger partial charge in [0.2, 0.25) is 19.7 Å². The van der Waals surface area contributed by atoms with Gasteiger partial charge in [-0.2, -0.15) is 0 Å². The molecule has 3 amide bonds. The van der Waals surface area contributed by atoms with Gasteiger partial charge in [-0.05, 0) is 49.1 Å². The molecule has 2 unspecified atom stereocenters. The molecule has 2 heterocycles. The van der Waals surface area contributed by atoms with Gasteiger partial charge in [-0.15, -0.1) is 0 Å². The highest BCUT2D eigenvalue weighted by Crippen LogP contribution is 2.26. The van der Waals surface area contributed by atoms with Gasteiger partial charge in [-0.25, -0.2) is 9.78 Å². The molecule has 0 fully saturated rings. The van der Waals surface area contributed by atoms with Gasteiger partial charge in [0.25, 0.3) is 0 Å². The zero-order valence-electron chi connectivity index (χ0n) is 26.3. The van der Waals surface area contributed by atoms with Crippen molar-refractivity contribution in [1.82, 2.24) is 25.2 Å². The minimum Gasteiger partial charge on any atom is -0.464 e. The number of ether oxygens (including phenoxy) is 1. The molecule has 12 heteroatoms. The van der Waals surface area contributed by atoms with Crippen molar-refractivity contribution in [3.63, 3.8) is 0 Å². The van der Waals surface area contributed by atoms with Crippen LogP contribution in [0.1, 0.15) is 37.9 Å². The molecule has 5 rings (SSSR count). The Kier molecular flexibility index (Phi) is 9.89. The van der Waals surface area contributed by atoms with E-state index in [2.05, 4.69) is 25.9 Å². The topological polar surface area (TPSA) is 147 Å². The molecule has 0 saturated heterocycles. The smallest absolute Gasteiger partial charge is 0.333 e. The van der Waals surface area contributed by atoms with Crippen molar-refractivity contribution in [3.8, 4) is 11.1 Å². The number of carbonyl (C=O) groups excluding carboxylic acids is 4. The number of hydrogen-bond acceptors (Lipinski definition) is 6. The number of nitrogens with one attached hydrogen (secondary N) is 4. The molecule has 11 nitrogen and oxygen atoms in total. The van der Waals surface area contributed by atoms with Crippen LogP contribution in [0.5, 0.6) is 0 Å². The van der Waals surface area contributed by atoms with Gasteiger partial charge >= 0.3 is 5.97 Å². The van der Waals surface area contributed by atoms with Crippen LogP contribution < -0.4 is 16.0 Å². The van der Waals surface area contributed by atoms with Crippen molar-refractivity contribution in [3.05, 3.63) is 109 Å². The standard InChI is InChI=1S/C35H35BN6O5/c1-4-47-32(44)30(24-16-14-23(15-17-24)22-10-6-5-7-11-22)42-20-29(38-21-42)40-31(43)28(39-33(45)35(2,3)41-34(36)46)18-25-19-37-27-13-9-8-12-26(25)27/h5-17,19-21,28,30,37H,4,18H2,1-3H3,(H,39,45)(H,40,43)(H,41,46). The molecule has 0 spiro atoms. The first-order valence-corrected chi connectivity index (χ1v) is 15.2. The molecule has 4 N–H and O–H groups in total. The van der Waals surface area contributed by atoms with Gasteiger partial charge in [0.15, 0.2) is 17.7 Å². The van der Waals surface area contributed by atoms with E-state index >= 15 is 0 Å². The number of hydrogen-bond donors (Lipinski definition) is 4. The van der Waals surface area contributed by atoms with E-state index in [1.165, 1.54) is 26.4 Å². The number of aromatic amines is 1.